The molecule has 2 aliphatic rings. The summed E-state index contributed by atoms with van der Waals surface area (Å²) in [7, 11) is 1.62. The summed E-state index contributed by atoms with van der Waals surface area (Å²) in [6.45, 7) is 1.22. The molecule has 2 aromatic heterocycles. The molecule has 3 atom stereocenters. The molecule has 6 aromatic rings. The molecule has 2 aliphatic heterocycles. The Hall–Kier alpha value is -6.69. The van der Waals surface area contributed by atoms with E-state index >= 15 is 0 Å². The number of carboxylic acid groups (broad SMARTS) is 1. The zero-order chi connectivity index (χ0) is 38.6. The molecule has 0 spiro atoms. The number of amides is 3. The van der Waals surface area contributed by atoms with Crippen LogP contribution >= 0.6 is 0 Å². The molecule has 2 fully saturated rings. The summed E-state index contributed by atoms with van der Waals surface area (Å²) in [4.78, 5) is 58.7. The molecule has 4 aromatic carbocycles. The highest BCUT2D eigenvalue weighted by Crippen LogP contribution is 2.36. The number of H-pyrrole nitrogens is 2. The van der Waals surface area contributed by atoms with Gasteiger partial charge >= 0.3 is 6.09 Å². The van der Waals surface area contributed by atoms with Gasteiger partial charge in [0.1, 0.15) is 23.4 Å². The third-order valence-corrected chi connectivity index (χ3v) is 10.8. The van der Waals surface area contributed by atoms with E-state index in [1.807, 2.05) is 53.6 Å². The second kappa shape index (κ2) is 16.0. The van der Waals surface area contributed by atoms with Gasteiger partial charge in [0, 0.05) is 18.7 Å². The molecule has 56 heavy (non-hydrogen) atoms. The van der Waals surface area contributed by atoms with Crippen molar-refractivity contribution in [3.05, 3.63) is 138 Å². The lowest BCUT2D eigenvalue weighted by atomic mass is 10.0. The average Bonchev–Trinajstić information content (AvgIpc) is 4.07. The smallest absolute Gasteiger partial charge is 0.405 e. The van der Waals surface area contributed by atoms with E-state index in [2.05, 4.69) is 56.7 Å². The molecule has 12 heteroatoms. The summed E-state index contributed by atoms with van der Waals surface area (Å²) in [5.41, 5.74) is 7.30. The lowest BCUT2D eigenvalue weighted by Gasteiger charge is -2.28. The maximum absolute atomic E-state index is 13.7. The second-order valence-electron chi connectivity index (χ2n) is 14.2. The largest absolute Gasteiger partial charge is 0.496 e. The standard InChI is InChI=1S/C44H43N7O5/c1-56-38-14-6-5-11-33(38)25-39(52)50-23-7-12-36(50)41-45-26-34(47-41)30-19-15-28(16-20-30)29-17-21-31(22-18-29)35-27-46-42(48-35)37-13-8-24-51(37)43(53)40(49-44(54)55)32-9-3-2-4-10-32/h2-6,9-11,14-22,26-27,36-37,40,49H,7-8,12-13,23-25H2,1H3,(H,45,47)(H,46,48)(H,54,55)/t36-,37-,40+/m0/s1. The average molecular weight is 750 g/mol. The summed E-state index contributed by atoms with van der Waals surface area (Å²) >= 11 is 0. The van der Waals surface area contributed by atoms with Crippen LogP contribution in [0.1, 0.15) is 66.6 Å². The number of hydrogen-bond acceptors (Lipinski definition) is 6. The Balaban J connectivity index is 0.918. The Morgan fingerprint density at radius 3 is 1.82 bits per heavy atom. The SMILES string of the molecule is COc1ccccc1CC(=O)N1CCC[C@H]1c1ncc(-c2ccc(-c3ccc(-c4cnc([C@@H]5CCCN5C(=O)[C@H](NC(=O)O)c5ccccc5)[nH]4)cc3)cc2)[nH]1. The molecule has 0 bridgehead atoms. The zero-order valence-corrected chi connectivity index (χ0v) is 31.0. The first-order valence-electron chi connectivity index (χ1n) is 18.9. The van der Waals surface area contributed by atoms with Crippen LogP contribution in [-0.4, -0.2) is 72.9 Å². The Bertz CT molecular complexity index is 2320. The summed E-state index contributed by atoms with van der Waals surface area (Å²) < 4.78 is 5.47. The number of likely N-dealkylation sites (tertiary alicyclic amines) is 2. The molecule has 2 saturated heterocycles. The number of aromatic nitrogens is 4. The van der Waals surface area contributed by atoms with Crippen molar-refractivity contribution in [2.24, 2.45) is 0 Å². The number of methoxy groups -OCH3 is 1. The summed E-state index contributed by atoms with van der Waals surface area (Å²) in [6.07, 6.45) is 5.96. The molecule has 12 nitrogen and oxygen atoms in total. The van der Waals surface area contributed by atoms with E-state index in [4.69, 9.17) is 9.72 Å². The number of rotatable bonds is 11. The van der Waals surface area contributed by atoms with E-state index in [1.54, 1.807) is 42.5 Å². The predicted octanol–water partition coefficient (Wildman–Crippen LogP) is 7.72. The fourth-order valence-electron chi connectivity index (χ4n) is 7.99. The Labute approximate surface area is 324 Å². The van der Waals surface area contributed by atoms with Gasteiger partial charge in [0.05, 0.1) is 49.4 Å². The monoisotopic (exact) mass is 749 g/mol. The molecule has 3 amide bonds. The summed E-state index contributed by atoms with van der Waals surface area (Å²) in [6, 6.07) is 31.7. The van der Waals surface area contributed by atoms with Gasteiger partial charge in [-0.25, -0.2) is 14.8 Å². The van der Waals surface area contributed by atoms with Gasteiger partial charge in [0.25, 0.3) is 5.91 Å². The minimum absolute atomic E-state index is 0.0650. The minimum Gasteiger partial charge on any atom is -0.496 e. The molecule has 0 unspecified atom stereocenters. The van der Waals surface area contributed by atoms with Crippen molar-refractivity contribution in [2.75, 3.05) is 20.2 Å². The number of imidazole rings is 2. The van der Waals surface area contributed by atoms with Gasteiger partial charge in [-0.05, 0) is 59.6 Å². The number of aromatic amines is 2. The summed E-state index contributed by atoms with van der Waals surface area (Å²) in [5.74, 6) is 1.96. The molecular weight excluding hydrogens is 707 g/mol. The van der Waals surface area contributed by atoms with Gasteiger partial charge in [-0.15, -0.1) is 0 Å². The van der Waals surface area contributed by atoms with Crippen LogP contribution in [0, 0.1) is 0 Å². The Kier molecular flexibility index (Phi) is 10.3. The van der Waals surface area contributed by atoms with Crippen LogP contribution in [0.3, 0.4) is 0 Å². The number of benzene rings is 4. The van der Waals surface area contributed by atoms with Crippen molar-refractivity contribution in [2.45, 2.75) is 50.2 Å². The van der Waals surface area contributed by atoms with Crippen LogP contribution in [-0.2, 0) is 16.0 Å². The first-order chi connectivity index (χ1) is 27.4. The lowest BCUT2D eigenvalue weighted by Crippen LogP contribution is -2.42. The number of nitrogens with one attached hydrogen (secondary N) is 3. The van der Waals surface area contributed by atoms with Crippen molar-refractivity contribution in [1.82, 2.24) is 35.1 Å². The minimum atomic E-state index is -1.25. The van der Waals surface area contributed by atoms with Crippen LogP contribution in [0.2, 0.25) is 0 Å². The fourth-order valence-corrected chi connectivity index (χ4v) is 7.99. The number of hydrogen-bond donors (Lipinski definition) is 4. The molecular formula is C44H43N7O5. The third kappa shape index (κ3) is 7.50. The van der Waals surface area contributed by atoms with Crippen LogP contribution in [0.25, 0.3) is 33.6 Å². The Morgan fingerprint density at radius 1 is 0.732 bits per heavy atom. The van der Waals surface area contributed by atoms with Crippen molar-refractivity contribution in [3.8, 4) is 39.4 Å². The molecule has 0 radical (unpaired) electrons. The van der Waals surface area contributed by atoms with E-state index in [-0.39, 0.29) is 30.3 Å². The number of ether oxygens (including phenoxy) is 1. The molecule has 4 heterocycles. The van der Waals surface area contributed by atoms with E-state index < -0.39 is 12.1 Å². The van der Waals surface area contributed by atoms with Gasteiger partial charge in [-0.2, -0.15) is 0 Å². The highest BCUT2D eigenvalue weighted by Gasteiger charge is 2.37. The van der Waals surface area contributed by atoms with Crippen LogP contribution < -0.4 is 10.1 Å². The second-order valence-corrected chi connectivity index (χ2v) is 14.2. The first-order valence-corrected chi connectivity index (χ1v) is 18.9. The van der Waals surface area contributed by atoms with E-state index in [1.165, 1.54) is 0 Å². The highest BCUT2D eigenvalue weighted by atomic mass is 16.5. The van der Waals surface area contributed by atoms with Gasteiger partial charge in [0.2, 0.25) is 5.91 Å². The van der Waals surface area contributed by atoms with E-state index in [9.17, 15) is 19.5 Å². The van der Waals surface area contributed by atoms with Gasteiger partial charge in [-0.1, -0.05) is 97.1 Å². The topological polar surface area (TPSA) is 157 Å². The van der Waals surface area contributed by atoms with Crippen LogP contribution in [0.5, 0.6) is 5.75 Å². The number of nitrogens with zero attached hydrogens (tertiary/aromatic N) is 4. The zero-order valence-electron chi connectivity index (χ0n) is 31.0. The van der Waals surface area contributed by atoms with E-state index in [0.717, 1.165) is 76.5 Å². The van der Waals surface area contributed by atoms with Crippen LogP contribution in [0.15, 0.2) is 116 Å². The van der Waals surface area contributed by atoms with Crippen LogP contribution in [0.4, 0.5) is 4.79 Å². The van der Waals surface area contributed by atoms with Crippen molar-refractivity contribution >= 4 is 17.9 Å². The van der Waals surface area contributed by atoms with Gasteiger partial charge in [0.15, 0.2) is 0 Å². The normalized spacial score (nSPS) is 17.2. The van der Waals surface area contributed by atoms with Crippen molar-refractivity contribution in [1.29, 1.82) is 0 Å². The first kappa shape index (κ1) is 36.3. The van der Waals surface area contributed by atoms with Gasteiger partial charge < -0.3 is 34.9 Å². The molecule has 8 rings (SSSR count). The summed E-state index contributed by atoms with van der Waals surface area (Å²) in [5, 5.41) is 11.9. The number of para-hydroxylation sites is 1. The van der Waals surface area contributed by atoms with Crippen molar-refractivity contribution in [3.63, 3.8) is 0 Å². The highest BCUT2D eigenvalue weighted by molar-refractivity contribution is 5.87. The molecule has 0 saturated carbocycles. The fraction of sp³-hybridized carbons (Fsp3) is 0.250. The number of carbonyl (C=O) groups is 3. The molecule has 284 valence electrons. The number of carbonyl (C=O) groups excluding carboxylic acids is 2. The van der Waals surface area contributed by atoms with E-state index in [0.29, 0.717) is 24.5 Å². The predicted molar refractivity (Wildman–Crippen MR) is 211 cm³/mol. The molecule has 0 aliphatic carbocycles. The third-order valence-electron chi connectivity index (χ3n) is 10.8. The maximum atomic E-state index is 13.7. The molecule has 4 N–H and O–H groups in total. The lowest BCUT2D eigenvalue weighted by molar-refractivity contribution is -0.134. The quantitative estimate of drug-likeness (QED) is 0.106. The maximum Gasteiger partial charge on any atom is 0.405 e. The van der Waals surface area contributed by atoms with Gasteiger partial charge in [-0.3, -0.25) is 9.59 Å². The Morgan fingerprint density at radius 2 is 1.25 bits per heavy atom. The van der Waals surface area contributed by atoms with Crippen molar-refractivity contribution < 1.29 is 24.2 Å².